The Balaban J connectivity index is 1.74. The summed E-state index contributed by atoms with van der Waals surface area (Å²) in [6.45, 7) is 1.44. The monoisotopic (exact) mass is 219 g/mol. The highest BCUT2D eigenvalue weighted by Gasteiger charge is 2.57. The van der Waals surface area contributed by atoms with Crippen molar-refractivity contribution in [3.63, 3.8) is 0 Å². The number of hydrogen-bond acceptors (Lipinski definition) is 3. The second-order valence-electron chi connectivity index (χ2n) is 5.70. The van der Waals surface area contributed by atoms with Gasteiger partial charge in [-0.05, 0) is 25.7 Å². The molecule has 16 heavy (non-hydrogen) atoms. The highest BCUT2D eigenvalue weighted by Crippen LogP contribution is 2.51. The molecule has 1 unspecified atom stereocenters. The van der Waals surface area contributed by atoms with E-state index >= 15 is 0 Å². The lowest BCUT2D eigenvalue weighted by Gasteiger charge is -2.41. The first-order chi connectivity index (χ1) is 7.62. The summed E-state index contributed by atoms with van der Waals surface area (Å²) in [5.74, 6) is 0.0363. The smallest absolute Gasteiger partial charge is 0.243 e. The van der Waals surface area contributed by atoms with Gasteiger partial charge in [-0.25, -0.2) is 0 Å². The second kappa shape index (κ2) is 2.98. The molecule has 4 nitrogen and oxygen atoms in total. The number of rotatable bonds is 1. The van der Waals surface area contributed by atoms with Gasteiger partial charge >= 0.3 is 0 Å². The van der Waals surface area contributed by atoms with E-state index in [1.54, 1.807) is 0 Å². The summed E-state index contributed by atoms with van der Waals surface area (Å²) in [6.07, 6.45) is 5.01. The summed E-state index contributed by atoms with van der Waals surface area (Å²) in [5, 5.41) is 9.03. The SMILES string of the molecule is N#CC1(C(=O)N2CC(N)C3(CCC3)C2)CC1. The third-order valence-electron chi connectivity index (χ3n) is 4.72. The molecule has 0 radical (unpaired) electrons. The van der Waals surface area contributed by atoms with Crippen molar-refractivity contribution in [1.82, 2.24) is 4.90 Å². The minimum Gasteiger partial charge on any atom is -0.339 e. The van der Waals surface area contributed by atoms with Gasteiger partial charge in [0.2, 0.25) is 5.91 Å². The first-order valence-electron chi connectivity index (χ1n) is 6.08. The molecule has 2 saturated carbocycles. The molecular weight excluding hydrogens is 202 g/mol. The topological polar surface area (TPSA) is 70.1 Å². The molecule has 1 amide bonds. The lowest BCUT2D eigenvalue weighted by atomic mass is 9.66. The third-order valence-corrected chi connectivity index (χ3v) is 4.72. The van der Waals surface area contributed by atoms with Crippen molar-refractivity contribution >= 4 is 5.91 Å². The fourth-order valence-corrected chi connectivity index (χ4v) is 3.11. The van der Waals surface area contributed by atoms with Crippen LogP contribution in [-0.4, -0.2) is 29.9 Å². The van der Waals surface area contributed by atoms with Crippen LogP contribution in [0, 0.1) is 22.2 Å². The quantitative estimate of drug-likeness (QED) is 0.703. The molecule has 0 aromatic rings. The van der Waals surface area contributed by atoms with Crippen LogP contribution in [0.5, 0.6) is 0 Å². The van der Waals surface area contributed by atoms with E-state index in [0.29, 0.717) is 6.54 Å². The van der Waals surface area contributed by atoms with Crippen molar-refractivity contribution in [1.29, 1.82) is 5.26 Å². The largest absolute Gasteiger partial charge is 0.339 e. The fourth-order valence-electron chi connectivity index (χ4n) is 3.11. The van der Waals surface area contributed by atoms with E-state index in [4.69, 9.17) is 11.0 Å². The molecule has 2 N–H and O–H groups in total. The first-order valence-corrected chi connectivity index (χ1v) is 6.08. The van der Waals surface area contributed by atoms with Crippen molar-refractivity contribution < 1.29 is 4.79 Å². The summed E-state index contributed by atoms with van der Waals surface area (Å²) in [7, 11) is 0. The Kier molecular flexibility index (Phi) is 1.88. The van der Waals surface area contributed by atoms with Crippen LogP contribution >= 0.6 is 0 Å². The van der Waals surface area contributed by atoms with Crippen LogP contribution in [0.1, 0.15) is 32.1 Å². The van der Waals surface area contributed by atoms with Gasteiger partial charge < -0.3 is 10.6 Å². The van der Waals surface area contributed by atoms with Crippen LogP contribution in [0.3, 0.4) is 0 Å². The summed E-state index contributed by atoms with van der Waals surface area (Å²) in [6, 6.07) is 2.30. The number of carbonyl (C=O) groups excluding carboxylic acids is 1. The zero-order valence-electron chi connectivity index (χ0n) is 9.41. The maximum atomic E-state index is 12.2. The van der Waals surface area contributed by atoms with E-state index in [1.807, 2.05) is 4.90 Å². The van der Waals surface area contributed by atoms with E-state index in [9.17, 15) is 4.79 Å². The Labute approximate surface area is 95.4 Å². The van der Waals surface area contributed by atoms with Crippen LogP contribution in [-0.2, 0) is 4.79 Å². The third kappa shape index (κ3) is 1.15. The second-order valence-corrected chi connectivity index (χ2v) is 5.70. The van der Waals surface area contributed by atoms with Crippen molar-refractivity contribution in [2.75, 3.05) is 13.1 Å². The highest BCUT2D eigenvalue weighted by molar-refractivity contribution is 5.88. The Bertz CT molecular complexity index is 376. The Morgan fingerprint density at radius 3 is 2.44 bits per heavy atom. The van der Waals surface area contributed by atoms with Crippen LogP contribution in [0.2, 0.25) is 0 Å². The van der Waals surface area contributed by atoms with E-state index in [1.165, 1.54) is 6.42 Å². The van der Waals surface area contributed by atoms with Gasteiger partial charge in [-0.3, -0.25) is 4.79 Å². The summed E-state index contributed by atoms with van der Waals surface area (Å²) >= 11 is 0. The first kappa shape index (κ1) is 10.1. The van der Waals surface area contributed by atoms with Gasteiger partial charge in [0.15, 0.2) is 0 Å². The standard InChI is InChI=1S/C12H17N3O/c13-7-11(4-5-11)10(16)15-6-9(14)12(8-15)2-1-3-12/h9H,1-6,8,14H2. The summed E-state index contributed by atoms with van der Waals surface area (Å²) < 4.78 is 0. The molecule has 0 bridgehead atoms. The molecule has 1 atom stereocenters. The zero-order chi connectivity index (χ0) is 11.4. The number of nitrogens with zero attached hydrogens (tertiary/aromatic N) is 2. The minimum atomic E-state index is -0.672. The lowest BCUT2D eigenvalue weighted by Crippen LogP contribution is -2.45. The molecule has 1 saturated heterocycles. The van der Waals surface area contributed by atoms with Gasteiger partial charge in [0.05, 0.1) is 6.07 Å². The number of nitrogens with two attached hydrogens (primary N) is 1. The molecule has 86 valence electrons. The van der Waals surface area contributed by atoms with Gasteiger partial charge in [0.25, 0.3) is 0 Å². The van der Waals surface area contributed by atoms with Gasteiger partial charge in [-0.15, -0.1) is 0 Å². The highest BCUT2D eigenvalue weighted by atomic mass is 16.2. The number of nitriles is 1. The summed E-state index contributed by atoms with van der Waals surface area (Å²) in [4.78, 5) is 14.0. The maximum Gasteiger partial charge on any atom is 0.243 e. The van der Waals surface area contributed by atoms with Gasteiger partial charge in [0.1, 0.15) is 5.41 Å². The normalized spacial score (nSPS) is 33.2. The van der Waals surface area contributed by atoms with E-state index < -0.39 is 5.41 Å². The molecule has 3 rings (SSSR count). The molecule has 0 aromatic heterocycles. The summed E-state index contributed by atoms with van der Waals surface area (Å²) in [5.41, 5.74) is 5.66. The van der Waals surface area contributed by atoms with Gasteiger partial charge in [0, 0.05) is 24.5 Å². The van der Waals surface area contributed by atoms with Crippen LogP contribution in [0.15, 0.2) is 0 Å². The predicted molar refractivity (Wildman–Crippen MR) is 58.1 cm³/mol. The van der Waals surface area contributed by atoms with Crippen molar-refractivity contribution in [2.45, 2.75) is 38.1 Å². The van der Waals surface area contributed by atoms with Crippen molar-refractivity contribution in [3.05, 3.63) is 0 Å². The van der Waals surface area contributed by atoms with Gasteiger partial charge in [-0.2, -0.15) is 5.26 Å². The van der Waals surface area contributed by atoms with Crippen molar-refractivity contribution in [3.8, 4) is 6.07 Å². The zero-order valence-corrected chi connectivity index (χ0v) is 9.41. The molecular formula is C12H17N3O. The minimum absolute atomic E-state index is 0.0363. The van der Waals surface area contributed by atoms with E-state index in [0.717, 1.165) is 32.2 Å². The van der Waals surface area contributed by atoms with Crippen molar-refractivity contribution in [2.24, 2.45) is 16.6 Å². The Morgan fingerprint density at radius 2 is 2.06 bits per heavy atom. The van der Waals surface area contributed by atoms with Crippen LogP contribution in [0.4, 0.5) is 0 Å². The molecule has 1 heterocycles. The molecule has 4 heteroatoms. The Hall–Kier alpha value is -1.08. The number of carbonyl (C=O) groups is 1. The van der Waals surface area contributed by atoms with Crippen LogP contribution < -0.4 is 5.73 Å². The molecule has 3 fully saturated rings. The molecule has 3 aliphatic rings. The molecule has 1 aliphatic heterocycles. The van der Waals surface area contributed by atoms with E-state index in [2.05, 4.69) is 6.07 Å². The lowest BCUT2D eigenvalue weighted by molar-refractivity contribution is -0.134. The Morgan fingerprint density at radius 1 is 1.38 bits per heavy atom. The van der Waals surface area contributed by atoms with Gasteiger partial charge in [-0.1, -0.05) is 6.42 Å². The number of amides is 1. The molecule has 0 aromatic carbocycles. The van der Waals surface area contributed by atoms with E-state index in [-0.39, 0.29) is 17.4 Å². The predicted octanol–water partition coefficient (Wildman–Crippen LogP) is 0.630. The number of likely N-dealkylation sites (tertiary alicyclic amines) is 1. The number of hydrogen-bond donors (Lipinski definition) is 1. The average Bonchev–Trinajstić information content (AvgIpc) is 2.94. The molecule has 2 aliphatic carbocycles. The molecule has 1 spiro atoms. The fraction of sp³-hybridized carbons (Fsp3) is 0.833. The average molecular weight is 219 g/mol. The maximum absolute atomic E-state index is 12.2. The van der Waals surface area contributed by atoms with Crippen LogP contribution in [0.25, 0.3) is 0 Å².